The van der Waals surface area contributed by atoms with Crippen molar-refractivity contribution in [2.75, 3.05) is 7.11 Å². The zero-order chi connectivity index (χ0) is 14.4. The zero-order valence-corrected chi connectivity index (χ0v) is 10.9. The van der Waals surface area contributed by atoms with Gasteiger partial charge >= 0.3 is 0 Å². The fourth-order valence-corrected chi connectivity index (χ4v) is 1.85. The van der Waals surface area contributed by atoms with Crippen molar-refractivity contribution in [3.63, 3.8) is 0 Å². The number of methoxy groups -OCH3 is 1. The lowest BCUT2D eigenvalue weighted by atomic mass is 10.1. The molecule has 0 unspecified atom stereocenters. The summed E-state index contributed by atoms with van der Waals surface area (Å²) in [6, 6.07) is 9.23. The van der Waals surface area contributed by atoms with Gasteiger partial charge in [-0.1, -0.05) is 6.07 Å². The van der Waals surface area contributed by atoms with E-state index in [4.69, 9.17) is 15.3 Å². The third-order valence-electron chi connectivity index (χ3n) is 2.77. The molecule has 0 bridgehead atoms. The summed E-state index contributed by atoms with van der Waals surface area (Å²) in [7, 11) is 1.61. The van der Waals surface area contributed by atoms with Gasteiger partial charge in [-0.3, -0.25) is 0 Å². The van der Waals surface area contributed by atoms with Gasteiger partial charge in [-0.25, -0.2) is 4.98 Å². The monoisotopic (exact) mass is 264 g/mol. The van der Waals surface area contributed by atoms with E-state index in [2.05, 4.69) is 4.98 Å². The highest BCUT2D eigenvalue weighted by molar-refractivity contribution is 5.63. The molecule has 0 saturated heterocycles. The Bertz CT molecular complexity index is 686. The number of nitrogens with zero attached hydrogens (tertiary/aromatic N) is 4. The first-order valence-electron chi connectivity index (χ1n) is 5.91. The van der Waals surface area contributed by atoms with Gasteiger partial charge in [-0.15, -0.1) is 0 Å². The summed E-state index contributed by atoms with van der Waals surface area (Å²) in [6.45, 7) is 0.610. The molecular weight excluding hydrogens is 252 g/mol. The summed E-state index contributed by atoms with van der Waals surface area (Å²) in [5.74, 6) is 0.756. The van der Waals surface area contributed by atoms with Crippen LogP contribution in [0.4, 0.5) is 0 Å². The second kappa shape index (κ2) is 6.21. The molecule has 2 rings (SSSR count). The topological polar surface area (TPSA) is 74.6 Å². The molecular formula is C15H12N4O. The lowest BCUT2D eigenvalue weighted by Crippen LogP contribution is -2.00. The molecule has 0 radical (unpaired) electrons. The van der Waals surface area contributed by atoms with Crippen LogP contribution in [0.3, 0.4) is 0 Å². The van der Waals surface area contributed by atoms with Crippen molar-refractivity contribution >= 4 is 6.08 Å². The van der Waals surface area contributed by atoms with E-state index < -0.39 is 0 Å². The van der Waals surface area contributed by atoms with E-state index in [1.54, 1.807) is 25.7 Å². The average molecular weight is 264 g/mol. The van der Waals surface area contributed by atoms with Crippen LogP contribution in [0.5, 0.6) is 5.75 Å². The minimum Gasteiger partial charge on any atom is -0.496 e. The van der Waals surface area contributed by atoms with E-state index in [0.29, 0.717) is 6.54 Å². The summed E-state index contributed by atoms with van der Waals surface area (Å²) in [4.78, 5) is 4.00. The smallest absolute Gasteiger partial charge is 0.130 e. The van der Waals surface area contributed by atoms with E-state index in [9.17, 15) is 0 Å². The first-order chi connectivity index (χ1) is 9.76. The fourth-order valence-electron chi connectivity index (χ4n) is 1.85. The van der Waals surface area contributed by atoms with E-state index in [-0.39, 0.29) is 5.57 Å². The predicted molar refractivity (Wildman–Crippen MR) is 73.5 cm³/mol. The van der Waals surface area contributed by atoms with Gasteiger partial charge in [0.2, 0.25) is 0 Å². The quantitative estimate of drug-likeness (QED) is 0.794. The van der Waals surface area contributed by atoms with E-state index in [1.807, 2.05) is 41.1 Å². The molecule has 0 fully saturated rings. The van der Waals surface area contributed by atoms with Crippen LogP contribution in [0.1, 0.15) is 11.1 Å². The zero-order valence-electron chi connectivity index (χ0n) is 10.9. The molecule has 0 aliphatic heterocycles. The number of ether oxygens (including phenoxy) is 1. The number of benzene rings is 1. The van der Waals surface area contributed by atoms with Crippen molar-refractivity contribution in [2.45, 2.75) is 6.54 Å². The van der Waals surface area contributed by atoms with Gasteiger partial charge in [0.15, 0.2) is 0 Å². The van der Waals surface area contributed by atoms with Crippen molar-refractivity contribution in [3.8, 4) is 17.9 Å². The Kier molecular flexibility index (Phi) is 4.16. The van der Waals surface area contributed by atoms with E-state index >= 15 is 0 Å². The van der Waals surface area contributed by atoms with Crippen molar-refractivity contribution < 1.29 is 4.74 Å². The maximum atomic E-state index is 8.79. The SMILES string of the molecule is COc1ccc(C=C(C#N)C#N)cc1Cn1ccnc1. The predicted octanol–water partition coefficient (Wildman–Crippen LogP) is 2.37. The lowest BCUT2D eigenvalue weighted by Gasteiger charge is -2.10. The van der Waals surface area contributed by atoms with Crippen LogP contribution in [-0.4, -0.2) is 16.7 Å². The van der Waals surface area contributed by atoms with Gasteiger partial charge in [0.25, 0.3) is 0 Å². The van der Waals surface area contributed by atoms with Gasteiger partial charge < -0.3 is 9.30 Å². The number of hydrogen-bond donors (Lipinski definition) is 0. The van der Waals surface area contributed by atoms with Crippen molar-refractivity contribution in [1.29, 1.82) is 10.5 Å². The van der Waals surface area contributed by atoms with Crippen molar-refractivity contribution in [1.82, 2.24) is 9.55 Å². The molecule has 0 spiro atoms. The molecule has 1 aromatic heterocycles. The Morgan fingerprint density at radius 2 is 2.20 bits per heavy atom. The maximum Gasteiger partial charge on any atom is 0.130 e. The molecule has 2 aromatic rings. The Hall–Kier alpha value is -3.05. The molecule has 1 aromatic carbocycles. The van der Waals surface area contributed by atoms with Crippen LogP contribution in [0, 0.1) is 22.7 Å². The number of imidazole rings is 1. The molecule has 0 amide bonds. The van der Waals surface area contributed by atoms with E-state index in [1.165, 1.54) is 0 Å². The van der Waals surface area contributed by atoms with Crippen LogP contribution in [0.15, 0.2) is 42.5 Å². The average Bonchev–Trinajstić information content (AvgIpc) is 2.98. The Morgan fingerprint density at radius 3 is 2.80 bits per heavy atom. The number of nitriles is 2. The standard InChI is InChI=1S/C15H12N4O/c1-20-15-3-2-12(6-13(8-16)9-17)7-14(15)10-19-5-4-18-11-19/h2-7,11H,10H2,1H3. The molecule has 0 aliphatic rings. The minimum absolute atomic E-state index is 0.0729. The molecule has 5 nitrogen and oxygen atoms in total. The molecule has 0 aliphatic carbocycles. The molecule has 20 heavy (non-hydrogen) atoms. The normalized spacial score (nSPS) is 9.35. The Labute approximate surface area is 117 Å². The highest BCUT2D eigenvalue weighted by Crippen LogP contribution is 2.22. The summed E-state index contributed by atoms with van der Waals surface area (Å²) in [5, 5.41) is 17.6. The number of allylic oxidation sites excluding steroid dienone is 1. The summed E-state index contributed by atoms with van der Waals surface area (Å²) in [5.41, 5.74) is 1.82. The number of rotatable bonds is 4. The van der Waals surface area contributed by atoms with Crippen molar-refractivity contribution in [3.05, 3.63) is 53.6 Å². The first kappa shape index (κ1) is 13.4. The molecule has 0 atom stereocenters. The second-order valence-electron chi connectivity index (χ2n) is 4.09. The fraction of sp³-hybridized carbons (Fsp3) is 0.133. The first-order valence-corrected chi connectivity index (χ1v) is 5.91. The lowest BCUT2D eigenvalue weighted by molar-refractivity contribution is 0.408. The van der Waals surface area contributed by atoms with Gasteiger partial charge in [0, 0.05) is 18.0 Å². The van der Waals surface area contributed by atoms with Crippen LogP contribution in [-0.2, 0) is 6.54 Å². The van der Waals surface area contributed by atoms with Crippen LogP contribution < -0.4 is 4.74 Å². The summed E-state index contributed by atoms with van der Waals surface area (Å²) >= 11 is 0. The second-order valence-corrected chi connectivity index (χ2v) is 4.09. The highest BCUT2D eigenvalue weighted by Gasteiger charge is 2.05. The molecule has 1 heterocycles. The maximum absolute atomic E-state index is 8.79. The van der Waals surface area contributed by atoms with E-state index in [0.717, 1.165) is 16.9 Å². The third kappa shape index (κ3) is 3.04. The van der Waals surface area contributed by atoms with Crippen LogP contribution >= 0.6 is 0 Å². The molecule has 98 valence electrons. The van der Waals surface area contributed by atoms with Crippen LogP contribution in [0.2, 0.25) is 0 Å². The van der Waals surface area contributed by atoms with Gasteiger partial charge in [-0.05, 0) is 23.8 Å². The van der Waals surface area contributed by atoms with Gasteiger partial charge in [0.05, 0.1) is 20.0 Å². The van der Waals surface area contributed by atoms with Crippen LogP contribution in [0.25, 0.3) is 6.08 Å². The Balaban J connectivity index is 2.37. The molecule has 0 N–H and O–H groups in total. The van der Waals surface area contributed by atoms with Gasteiger partial charge in [0.1, 0.15) is 23.5 Å². The molecule has 5 heteroatoms. The summed E-state index contributed by atoms with van der Waals surface area (Å²) in [6.07, 6.45) is 6.84. The van der Waals surface area contributed by atoms with Crippen molar-refractivity contribution in [2.24, 2.45) is 0 Å². The number of hydrogen-bond acceptors (Lipinski definition) is 4. The molecule has 0 saturated carbocycles. The largest absolute Gasteiger partial charge is 0.496 e. The highest BCUT2D eigenvalue weighted by atomic mass is 16.5. The Morgan fingerprint density at radius 1 is 1.40 bits per heavy atom. The minimum atomic E-state index is 0.0729. The van der Waals surface area contributed by atoms with Gasteiger partial charge in [-0.2, -0.15) is 10.5 Å². The number of aromatic nitrogens is 2. The third-order valence-corrected chi connectivity index (χ3v) is 2.77. The summed E-state index contributed by atoms with van der Waals surface area (Å²) < 4.78 is 7.24.